The summed E-state index contributed by atoms with van der Waals surface area (Å²) >= 11 is 6.68. The average Bonchev–Trinajstić information content (AvgIpc) is 3.02. The van der Waals surface area contributed by atoms with Gasteiger partial charge in [0, 0.05) is 56.0 Å². The Hall–Kier alpha value is 0.534. The van der Waals surface area contributed by atoms with Crippen molar-refractivity contribution in [2.75, 3.05) is 13.2 Å². The van der Waals surface area contributed by atoms with Gasteiger partial charge in [-0.15, -0.1) is 11.6 Å². The topological polar surface area (TPSA) is 29.5 Å². The van der Waals surface area contributed by atoms with Crippen molar-refractivity contribution >= 4 is 11.6 Å². The predicted molar refractivity (Wildman–Crippen MR) is 113 cm³/mol. The molecule has 2 aliphatic carbocycles. The number of aliphatic hydroxyl groups excluding tert-OH is 1. The number of hydrogen-bond acceptors (Lipinski definition) is 2. The Kier molecular flexibility index (Phi) is 10.5. The molecule has 0 spiro atoms. The minimum absolute atomic E-state index is 0. The van der Waals surface area contributed by atoms with Crippen molar-refractivity contribution in [2.24, 2.45) is 11.3 Å². The third-order valence-electron chi connectivity index (χ3n) is 6.90. The number of aliphatic hydroxyl groups is 1. The second-order valence-corrected chi connectivity index (χ2v) is 9.26. The molecule has 155 valence electrons. The zero-order valence-corrected chi connectivity index (χ0v) is 21.0. The van der Waals surface area contributed by atoms with Crippen molar-refractivity contribution in [3.8, 4) is 0 Å². The number of rotatable bonds is 10. The van der Waals surface area contributed by atoms with Gasteiger partial charge < -0.3 is 16.8 Å². The Labute approximate surface area is 202 Å². The number of alkyl halides is 1. The molecule has 1 aromatic rings. The summed E-state index contributed by atoms with van der Waals surface area (Å²) in [6.45, 7) is 7.67. The van der Waals surface area contributed by atoms with Crippen LogP contribution in [0.1, 0.15) is 87.9 Å². The molecule has 3 rings (SSSR count). The minimum Gasteiger partial charge on any atom is -0.388 e. The fourth-order valence-electron chi connectivity index (χ4n) is 5.18. The molecule has 0 bridgehead atoms. The van der Waals surface area contributed by atoms with Crippen LogP contribution in [0.4, 0.5) is 0 Å². The molecule has 1 aromatic carbocycles. The number of unbranched alkanes of at least 4 members (excludes halogenated alkanes) is 1. The van der Waals surface area contributed by atoms with E-state index in [4.69, 9.17) is 16.3 Å². The molecule has 4 heteroatoms. The molecule has 0 aromatic heterocycles. The molecule has 28 heavy (non-hydrogen) atoms. The van der Waals surface area contributed by atoms with Crippen LogP contribution in [0.15, 0.2) is 24.3 Å². The van der Waals surface area contributed by atoms with Crippen LogP contribution in [0.2, 0.25) is 0 Å². The third kappa shape index (κ3) is 5.61. The summed E-state index contributed by atoms with van der Waals surface area (Å²) in [5.41, 5.74) is 2.48. The number of halogens is 1. The van der Waals surface area contributed by atoms with Crippen molar-refractivity contribution in [2.45, 2.75) is 82.1 Å². The molecular formula is C24H36ClO2Y-. The second-order valence-electron chi connectivity index (χ2n) is 8.70. The summed E-state index contributed by atoms with van der Waals surface area (Å²) in [6.07, 6.45) is 9.62. The maximum absolute atomic E-state index is 11.0. The van der Waals surface area contributed by atoms with Gasteiger partial charge in [0.25, 0.3) is 0 Å². The first kappa shape index (κ1) is 24.8. The second kappa shape index (κ2) is 11.8. The van der Waals surface area contributed by atoms with E-state index < -0.39 is 0 Å². The zero-order chi connectivity index (χ0) is 19.3. The maximum Gasteiger partial charge on any atom is 0.0846 e. The molecule has 2 nitrogen and oxygen atoms in total. The van der Waals surface area contributed by atoms with E-state index in [0.717, 1.165) is 70.1 Å². The van der Waals surface area contributed by atoms with Crippen molar-refractivity contribution in [3.05, 3.63) is 42.3 Å². The van der Waals surface area contributed by atoms with Gasteiger partial charge in [0.1, 0.15) is 0 Å². The minimum atomic E-state index is -0.336. The smallest absolute Gasteiger partial charge is 0.0846 e. The SMILES string of the molecule is [CH2-]CCCOCC1CCC(Cl)C1c1ccc(C(O)C2(CCC)CCC2)cc1.[Y]. The maximum atomic E-state index is 11.0. The Bertz CT molecular complexity index is 572. The van der Waals surface area contributed by atoms with Crippen molar-refractivity contribution in [1.82, 2.24) is 0 Å². The van der Waals surface area contributed by atoms with Crippen LogP contribution in [-0.4, -0.2) is 23.7 Å². The van der Waals surface area contributed by atoms with E-state index >= 15 is 0 Å². The molecule has 0 saturated heterocycles. The molecule has 4 unspecified atom stereocenters. The van der Waals surface area contributed by atoms with Gasteiger partial charge in [-0.1, -0.05) is 50.5 Å². The van der Waals surface area contributed by atoms with Crippen LogP contribution in [0.25, 0.3) is 0 Å². The summed E-state index contributed by atoms with van der Waals surface area (Å²) in [5.74, 6) is 0.845. The van der Waals surface area contributed by atoms with E-state index in [0.29, 0.717) is 11.8 Å². The Morgan fingerprint density at radius 2 is 1.96 bits per heavy atom. The van der Waals surface area contributed by atoms with Crippen LogP contribution in [-0.2, 0) is 37.4 Å². The number of benzene rings is 1. The first-order valence-electron chi connectivity index (χ1n) is 10.9. The Morgan fingerprint density at radius 1 is 1.25 bits per heavy atom. The van der Waals surface area contributed by atoms with E-state index in [-0.39, 0.29) is 49.6 Å². The molecule has 1 radical (unpaired) electrons. The molecule has 0 amide bonds. The van der Waals surface area contributed by atoms with Crippen molar-refractivity contribution in [3.63, 3.8) is 0 Å². The van der Waals surface area contributed by atoms with E-state index in [1.54, 1.807) is 0 Å². The monoisotopic (exact) mass is 480 g/mol. The van der Waals surface area contributed by atoms with Crippen molar-refractivity contribution in [1.29, 1.82) is 0 Å². The summed E-state index contributed by atoms with van der Waals surface area (Å²) < 4.78 is 5.88. The van der Waals surface area contributed by atoms with Gasteiger partial charge in [-0.05, 0) is 49.1 Å². The normalized spacial score (nSPS) is 27.1. The summed E-state index contributed by atoms with van der Waals surface area (Å²) in [4.78, 5) is 0. The van der Waals surface area contributed by atoms with Gasteiger partial charge in [0.2, 0.25) is 0 Å². The van der Waals surface area contributed by atoms with Gasteiger partial charge in [-0.2, -0.15) is 6.42 Å². The predicted octanol–water partition coefficient (Wildman–Crippen LogP) is 6.42. The van der Waals surface area contributed by atoms with Crippen LogP contribution in [0.3, 0.4) is 0 Å². The Morgan fingerprint density at radius 3 is 2.54 bits per heavy atom. The standard InChI is InChI=1S/C24H36ClO2.Y/c1-3-5-16-27-17-20-11-12-21(25)22(20)18-7-9-19(10-8-18)23(26)24(13-4-2)14-6-15-24;/h7-10,20-23,26H,1,3-6,11-17H2,2H3;/q-1;. The summed E-state index contributed by atoms with van der Waals surface area (Å²) in [6, 6.07) is 8.67. The molecule has 0 heterocycles. The fourth-order valence-corrected chi connectivity index (χ4v) is 5.65. The van der Waals surface area contributed by atoms with Gasteiger partial charge in [0.05, 0.1) is 12.7 Å². The number of hydrogen-bond donors (Lipinski definition) is 1. The van der Waals surface area contributed by atoms with E-state index in [1.165, 1.54) is 12.0 Å². The summed E-state index contributed by atoms with van der Waals surface area (Å²) in [7, 11) is 0. The molecular weight excluding hydrogens is 445 g/mol. The largest absolute Gasteiger partial charge is 0.388 e. The van der Waals surface area contributed by atoms with Crippen LogP contribution in [0, 0.1) is 18.3 Å². The average molecular weight is 481 g/mol. The van der Waals surface area contributed by atoms with Crippen molar-refractivity contribution < 1.29 is 42.6 Å². The van der Waals surface area contributed by atoms with Crippen LogP contribution in [0.5, 0.6) is 0 Å². The van der Waals surface area contributed by atoms with Gasteiger partial charge in [-0.3, -0.25) is 0 Å². The van der Waals surface area contributed by atoms with Crippen LogP contribution >= 0.6 is 11.6 Å². The Balaban J connectivity index is 0.00000280. The summed E-state index contributed by atoms with van der Waals surface area (Å²) in [5, 5.41) is 11.2. The third-order valence-corrected chi connectivity index (χ3v) is 7.39. The number of ether oxygens (including phenoxy) is 1. The molecule has 4 atom stereocenters. The van der Waals surface area contributed by atoms with E-state index in [1.807, 2.05) is 0 Å². The molecule has 1 N–H and O–H groups in total. The van der Waals surface area contributed by atoms with Gasteiger partial charge in [-0.25, -0.2) is 0 Å². The van der Waals surface area contributed by atoms with Gasteiger partial charge in [0.15, 0.2) is 0 Å². The molecule has 2 fully saturated rings. The quantitative estimate of drug-likeness (QED) is 0.238. The van der Waals surface area contributed by atoms with E-state index in [2.05, 4.69) is 38.1 Å². The molecule has 0 aliphatic heterocycles. The zero-order valence-electron chi connectivity index (χ0n) is 17.4. The fraction of sp³-hybridized carbons (Fsp3) is 0.708. The first-order valence-corrected chi connectivity index (χ1v) is 11.3. The van der Waals surface area contributed by atoms with Crippen LogP contribution < -0.4 is 0 Å². The van der Waals surface area contributed by atoms with E-state index in [9.17, 15) is 5.11 Å². The molecule has 2 saturated carbocycles. The van der Waals surface area contributed by atoms with Gasteiger partial charge >= 0.3 is 0 Å². The first-order chi connectivity index (χ1) is 13.1. The molecule has 2 aliphatic rings.